The van der Waals surface area contributed by atoms with Gasteiger partial charge in [-0.3, -0.25) is 9.88 Å². The number of ether oxygens (including phenoxy) is 1. The SMILES string of the molecule is Cc1nc(-c2cccnc2)nc(N(C)CCN2C[C@@H](C)O[C@@H](C)C2)c1C. The van der Waals surface area contributed by atoms with E-state index < -0.39 is 0 Å². The Kier molecular flexibility index (Phi) is 5.84. The average molecular weight is 355 g/mol. The summed E-state index contributed by atoms with van der Waals surface area (Å²) in [5.74, 6) is 1.72. The molecule has 26 heavy (non-hydrogen) atoms. The van der Waals surface area contributed by atoms with Crippen molar-refractivity contribution in [3.63, 3.8) is 0 Å². The lowest BCUT2D eigenvalue weighted by Crippen LogP contribution is -2.47. The molecule has 1 saturated heterocycles. The van der Waals surface area contributed by atoms with Crippen LogP contribution in [0.15, 0.2) is 24.5 Å². The number of rotatable bonds is 5. The number of aromatic nitrogens is 3. The Morgan fingerprint density at radius 3 is 2.58 bits per heavy atom. The Labute approximate surface area is 156 Å². The summed E-state index contributed by atoms with van der Waals surface area (Å²) < 4.78 is 5.83. The van der Waals surface area contributed by atoms with Crippen LogP contribution in [0.1, 0.15) is 25.1 Å². The summed E-state index contributed by atoms with van der Waals surface area (Å²) >= 11 is 0. The molecule has 0 radical (unpaired) electrons. The maximum absolute atomic E-state index is 5.83. The fraction of sp³-hybridized carbons (Fsp3) is 0.550. The van der Waals surface area contributed by atoms with Gasteiger partial charge in [0.2, 0.25) is 0 Å². The van der Waals surface area contributed by atoms with E-state index in [0.717, 1.165) is 54.6 Å². The standard InChI is InChI=1S/C20H29N5O/c1-14-12-25(13-15(2)26-14)10-9-24(5)20-16(3)17(4)22-19(23-20)18-7-6-8-21-11-18/h6-8,11,14-15H,9-10,12-13H2,1-5H3/t14-,15+. The van der Waals surface area contributed by atoms with E-state index in [0.29, 0.717) is 12.2 Å². The van der Waals surface area contributed by atoms with Gasteiger partial charge in [-0.05, 0) is 39.8 Å². The van der Waals surface area contributed by atoms with Crippen molar-refractivity contribution in [3.05, 3.63) is 35.8 Å². The van der Waals surface area contributed by atoms with Gasteiger partial charge in [-0.15, -0.1) is 0 Å². The maximum Gasteiger partial charge on any atom is 0.163 e. The van der Waals surface area contributed by atoms with Crippen molar-refractivity contribution < 1.29 is 4.74 Å². The summed E-state index contributed by atoms with van der Waals surface area (Å²) in [6.45, 7) is 12.3. The molecular weight excluding hydrogens is 326 g/mol. The van der Waals surface area contributed by atoms with Crippen molar-refractivity contribution in [2.24, 2.45) is 0 Å². The molecular formula is C20H29N5O. The molecule has 0 aliphatic carbocycles. The highest BCUT2D eigenvalue weighted by atomic mass is 16.5. The van der Waals surface area contributed by atoms with Gasteiger partial charge < -0.3 is 9.64 Å². The molecule has 1 aliphatic rings. The third kappa shape index (κ3) is 4.37. The van der Waals surface area contributed by atoms with Crippen LogP contribution in [0, 0.1) is 13.8 Å². The topological polar surface area (TPSA) is 54.4 Å². The fourth-order valence-corrected chi connectivity index (χ4v) is 3.47. The van der Waals surface area contributed by atoms with Crippen LogP contribution >= 0.6 is 0 Å². The predicted octanol–water partition coefficient (Wildman–Crippen LogP) is 2.70. The summed E-state index contributed by atoms with van der Waals surface area (Å²) in [4.78, 5) is 18.4. The van der Waals surface area contributed by atoms with Crippen molar-refractivity contribution in [2.45, 2.75) is 39.9 Å². The lowest BCUT2D eigenvalue weighted by atomic mass is 10.2. The number of hydrogen-bond acceptors (Lipinski definition) is 6. The van der Waals surface area contributed by atoms with E-state index >= 15 is 0 Å². The van der Waals surface area contributed by atoms with Gasteiger partial charge in [0.1, 0.15) is 5.82 Å². The molecule has 2 aromatic heterocycles. The van der Waals surface area contributed by atoms with E-state index in [2.05, 4.69) is 47.6 Å². The van der Waals surface area contributed by atoms with Gasteiger partial charge in [0.25, 0.3) is 0 Å². The molecule has 0 bridgehead atoms. The van der Waals surface area contributed by atoms with Crippen molar-refractivity contribution >= 4 is 5.82 Å². The highest BCUT2D eigenvalue weighted by Crippen LogP contribution is 2.23. The van der Waals surface area contributed by atoms with Gasteiger partial charge in [0.05, 0.1) is 12.2 Å². The number of aryl methyl sites for hydroxylation is 1. The predicted molar refractivity (Wildman–Crippen MR) is 104 cm³/mol. The van der Waals surface area contributed by atoms with Crippen molar-refractivity contribution in [1.82, 2.24) is 19.9 Å². The van der Waals surface area contributed by atoms with Crippen LogP contribution in [0.25, 0.3) is 11.4 Å². The molecule has 3 heterocycles. The molecule has 0 amide bonds. The Morgan fingerprint density at radius 2 is 1.92 bits per heavy atom. The molecule has 1 fully saturated rings. The van der Waals surface area contributed by atoms with Crippen LogP contribution in [0.4, 0.5) is 5.82 Å². The maximum atomic E-state index is 5.83. The molecule has 0 N–H and O–H groups in total. The second kappa shape index (κ2) is 8.10. The van der Waals surface area contributed by atoms with E-state index in [-0.39, 0.29) is 0 Å². The average Bonchev–Trinajstić information content (AvgIpc) is 2.62. The second-order valence-corrected chi connectivity index (χ2v) is 7.26. The molecule has 2 aromatic rings. The zero-order valence-corrected chi connectivity index (χ0v) is 16.4. The normalized spacial score (nSPS) is 21.0. The Bertz CT molecular complexity index is 726. The van der Waals surface area contributed by atoms with Crippen molar-refractivity contribution in [2.75, 3.05) is 38.1 Å². The van der Waals surface area contributed by atoms with Crippen molar-refractivity contribution in [3.8, 4) is 11.4 Å². The summed E-state index contributed by atoms with van der Waals surface area (Å²) in [7, 11) is 2.11. The van der Waals surface area contributed by atoms with E-state index in [4.69, 9.17) is 9.72 Å². The molecule has 2 atom stereocenters. The second-order valence-electron chi connectivity index (χ2n) is 7.26. The van der Waals surface area contributed by atoms with E-state index in [9.17, 15) is 0 Å². The quantitative estimate of drug-likeness (QED) is 0.822. The Morgan fingerprint density at radius 1 is 1.19 bits per heavy atom. The van der Waals surface area contributed by atoms with Gasteiger partial charge >= 0.3 is 0 Å². The van der Waals surface area contributed by atoms with Gasteiger partial charge in [-0.25, -0.2) is 9.97 Å². The lowest BCUT2D eigenvalue weighted by molar-refractivity contribution is -0.0670. The van der Waals surface area contributed by atoms with Crippen LogP contribution in [-0.2, 0) is 4.74 Å². The third-order valence-electron chi connectivity index (χ3n) is 4.89. The van der Waals surface area contributed by atoms with E-state index in [1.807, 2.05) is 25.3 Å². The highest BCUT2D eigenvalue weighted by molar-refractivity contribution is 5.59. The lowest BCUT2D eigenvalue weighted by Gasteiger charge is -2.36. The first kappa shape index (κ1) is 18.7. The molecule has 0 saturated carbocycles. The van der Waals surface area contributed by atoms with Gasteiger partial charge in [0, 0.05) is 62.4 Å². The monoisotopic (exact) mass is 355 g/mol. The number of morpholine rings is 1. The third-order valence-corrected chi connectivity index (χ3v) is 4.89. The fourth-order valence-electron chi connectivity index (χ4n) is 3.47. The van der Waals surface area contributed by atoms with Crippen LogP contribution in [0.5, 0.6) is 0 Å². The summed E-state index contributed by atoms with van der Waals surface area (Å²) in [5, 5.41) is 0. The highest BCUT2D eigenvalue weighted by Gasteiger charge is 2.22. The molecule has 6 heteroatoms. The Hall–Kier alpha value is -2.05. The minimum atomic E-state index is 0.296. The first-order valence-electron chi connectivity index (χ1n) is 9.28. The molecule has 0 aromatic carbocycles. The van der Waals surface area contributed by atoms with Crippen LogP contribution in [0.2, 0.25) is 0 Å². The number of nitrogens with zero attached hydrogens (tertiary/aromatic N) is 5. The van der Waals surface area contributed by atoms with Crippen LogP contribution in [-0.4, -0.2) is 65.3 Å². The first-order valence-corrected chi connectivity index (χ1v) is 9.28. The number of likely N-dealkylation sites (N-methyl/N-ethyl adjacent to an activating group) is 1. The minimum Gasteiger partial charge on any atom is -0.373 e. The zero-order chi connectivity index (χ0) is 18.7. The molecule has 140 valence electrons. The minimum absolute atomic E-state index is 0.296. The van der Waals surface area contributed by atoms with Crippen LogP contribution < -0.4 is 4.90 Å². The summed E-state index contributed by atoms with van der Waals surface area (Å²) in [5.41, 5.74) is 3.08. The number of anilines is 1. The number of hydrogen-bond donors (Lipinski definition) is 0. The molecule has 6 nitrogen and oxygen atoms in total. The largest absolute Gasteiger partial charge is 0.373 e. The zero-order valence-electron chi connectivity index (χ0n) is 16.4. The molecule has 0 unspecified atom stereocenters. The van der Waals surface area contributed by atoms with Gasteiger partial charge in [-0.2, -0.15) is 0 Å². The molecule has 1 aliphatic heterocycles. The van der Waals surface area contributed by atoms with Crippen molar-refractivity contribution in [1.29, 1.82) is 0 Å². The van der Waals surface area contributed by atoms with Gasteiger partial charge in [0.15, 0.2) is 5.82 Å². The molecule has 0 spiro atoms. The van der Waals surface area contributed by atoms with Gasteiger partial charge in [-0.1, -0.05) is 0 Å². The number of pyridine rings is 1. The van der Waals surface area contributed by atoms with Crippen LogP contribution in [0.3, 0.4) is 0 Å². The smallest absolute Gasteiger partial charge is 0.163 e. The van der Waals surface area contributed by atoms with E-state index in [1.165, 1.54) is 0 Å². The van der Waals surface area contributed by atoms with E-state index in [1.54, 1.807) is 6.20 Å². The molecule has 3 rings (SSSR count). The summed E-state index contributed by atoms with van der Waals surface area (Å²) in [6.07, 6.45) is 4.17. The summed E-state index contributed by atoms with van der Waals surface area (Å²) in [6, 6.07) is 3.91. The Balaban J connectivity index is 1.74. The first-order chi connectivity index (χ1) is 12.4.